The molecule has 0 bridgehead atoms. The van der Waals surface area contributed by atoms with E-state index in [-0.39, 0.29) is 0 Å². The van der Waals surface area contributed by atoms with Gasteiger partial charge in [-0.3, -0.25) is 4.79 Å². The second kappa shape index (κ2) is 15.5. The highest BCUT2D eigenvalue weighted by atomic mass is 16.4. The van der Waals surface area contributed by atoms with E-state index >= 15 is 0 Å². The van der Waals surface area contributed by atoms with Crippen LogP contribution in [0.1, 0.15) is 115 Å². The maximum Gasteiger partial charge on any atom is 0.303 e. The van der Waals surface area contributed by atoms with Gasteiger partial charge in [0.15, 0.2) is 0 Å². The van der Waals surface area contributed by atoms with Gasteiger partial charge in [-0.25, -0.2) is 0 Å². The van der Waals surface area contributed by atoms with Gasteiger partial charge in [0.05, 0.1) is 0 Å². The number of benzene rings is 1. The Morgan fingerprint density at radius 2 is 1.41 bits per heavy atom. The van der Waals surface area contributed by atoms with E-state index in [1.54, 1.807) is 6.07 Å². The molecule has 0 spiro atoms. The van der Waals surface area contributed by atoms with Crippen molar-refractivity contribution >= 4 is 5.97 Å². The van der Waals surface area contributed by atoms with Gasteiger partial charge in [-0.2, -0.15) is 0 Å². The Balaban J connectivity index is 2.28. The highest BCUT2D eigenvalue weighted by Crippen LogP contribution is 2.30. The lowest BCUT2D eigenvalue weighted by molar-refractivity contribution is -0.137. The summed E-state index contributed by atoms with van der Waals surface area (Å²) in [4.78, 5) is 10.5. The molecule has 2 N–H and O–H groups in total. The molecule has 0 saturated carbocycles. The average molecular weight is 377 g/mol. The fourth-order valence-corrected chi connectivity index (χ4v) is 3.80. The molecule has 1 atom stereocenters. The zero-order valence-electron chi connectivity index (χ0n) is 17.3. The first-order valence-corrected chi connectivity index (χ1v) is 11.1. The van der Waals surface area contributed by atoms with Gasteiger partial charge >= 0.3 is 5.97 Å². The molecule has 154 valence electrons. The maximum absolute atomic E-state index is 10.5. The topological polar surface area (TPSA) is 57.5 Å². The minimum absolute atomic E-state index is 0.303. The summed E-state index contributed by atoms with van der Waals surface area (Å²) >= 11 is 0. The van der Waals surface area contributed by atoms with Gasteiger partial charge in [-0.1, -0.05) is 89.7 Å². The Hall–Kier alpha value is -1.51. The van der Waals surface area contributed by atoms with Crippen LogP contribution in [0.3, 0.4) is 0 Å². The molecule has 0 heterocycles. The Morgan fingerprint density at radius 1 is 0.852 bits per heavy atom. The maximum atomic E-state index is 10.5. The summed E-state index contributed by atoms with van der Waals surface area (Å²) in [5, 5.41) is 18.5. The minimum atomic E-state index is -0.682. The standard InChI is InChI=1S/C24H40O3/c1-2-3-4-5-8-11-15-21(22-17-14-18-23(25)20-22)16-12-9-6-7-10-13-19-24(26)27/h14,17-18,20-21,25H,2-13,15-16,19H2,1H3,(H,26,27). The van der Waals surface area contributed by atoms with Gasteiger partial charge in [0.2, 0.25) is 0 Å². The summed E-state index contributed by atoms with van der Waals surface area (Å²) in [5.74, 6) is 0.243. The Labute approximate surface area is 166 Å². The largest absolute Gasteiger partial charge is 0.508 e. The summed E-state index contributed by atoms with van der Waals surface area (Å²) in [6.45, 7) is 2.25. The number of carbonyl (C=O) groups is 1. The summed E-state index contributed by atoms with van der Waals surface area (Å²) in [6, 6.07) is 7.81. The van der Waals surface area contributed by atoms with E-state index < -0.39 is 5.97 Å². The van der Waals surface area contributed by atoms with Crippen LogP contribution in [0.25, 0.3) is 0 Å². The zero-order valence-corrected chi connectivity index (χ0v) is 17.3. The molecule has 0 radical (unpaired) electrons. The molecule has 1 rings (SSSR count). The van der Waals surface area contributed by atoms with Crippen molar-refractivity contribution in [1.82, 2.24) is 0 Å². The molecule has 0 aliphatic rings. The number of carboxylic acid groups (broad SMARTS) is 1. The van der Waals surface area contributed by atoms with E-state index in [4.69, 9.17) is 5.11 Å². The Kier molecular flexibility index (Phi) is 13.5. The first-order valence-electron chi connectivity index (χ1n) is 11.1. The molecule has 1 aromatic carbocycles. The third kappa shape index (κ3) is 12.5. The summed E-state index contributed by atoms with van der Waals surface area (Å²) in [6.07, 6.45) is 17.3. The normalized spacial score (nSPS) is 12.2. The fraction of sp³-hybridized carbons (Fsp3) is 0.708. The number of aromatic hydroxyl groups is 1. The van der Waals surface area contributed by atoms with E-state index in [1.807, 2.05) is 12.1 Å². The lowest BCUT2D eigenvalue weighted by Gasteiger charge is -2.18. The smallest absolute Gasteiger partial charge is 0.303 e. The monoisotopic (exact) mass is 376 g/mol. The molecular formula is C24H40O3. The summed E-state index contributed by atoms with van der Waals surface area (Å²) < 4.78 is 0. The van der Waals surface area contributed by atoms with Crippen molar-refractivity contribution in [3.8, 4) is 5.75 Å². The van der Waals surface area contributed by atoms with Crippen LogP contribution < -0.4 is 0 Å². The second-order valence-corrected chi connectivity index (χ2v) is 7.90. The van der Waals surface area contributed by atoms with Gasteiger partial charge in [-0.15, -0.1) is 0 Å². The van der Waals surface area contributed by atoms with E-state index in [2.05, 4.69) is 13.0 Å². The van der Waals surface area contributed by atoms with Crippen LogP contribution in [0, 0.1) is 0 Å². The van der Waals surface area contributed by atoms with Crippen molar-refractivity contribution < 1.29 is 15.0 Å². The third-order valence-corrected chi connectivity index (χ3v) is 5.44. The van der Waals surface area contributed by atoms with Crippen LogP contribution in [0.5, 0.6) is 5.75 Å². The number of phenols is 1. The first kappa shape index (κ1) is 23.5. The molecule has 0 aliphatic heterocycles. The molecule has 3 heteroatoms. The van der Waals surface area contributed by atoms with E-state index in [1.165, 1.54) is 76.2 Å². The van der Waals surface area contributed by atoms with Crippen molar-refractivity contribution in [3.05, 3.63) is 29.8 Å². The van der Waals surface area contributed by atoms with Crippen molar-refractivity contribution in [2.45, 2.75) is 109 Å². The van der Waals surface area contributed by atoms with E-state index in [0.717, 1.165) is 19.3 Å². The van der Waals surface area contributed by atoms with Crippen LogP contribution in [-0.4, -0.2) is 16.2 Å². The van der Waals surface area contributed by atoms with Crippen LogP contribution in [0.15, 0.2) is 24.3 Å². The van der Waals surface area contributed by atoms with Crippen LogP contribution in [-0.2, 0) is 4.79 Å². The van der Waals surface area contributed by atoms with Crippen molar-refractivity contribution in [3.63, 3.8) is 0 Å². The van der Waals surface area contributed by atoms with Crippen LogP contribution in [0.4, 0.5) is 0 Å². The minimum Gasteiger partial charge on any atom is -0.508 e. The van der Waals surface area contributed by atoms with Gasteiger partial charge in [0, 0.05) is 6.42 Å². The first-order chi connectivity index (χ1) is 13.1. The second-order valence-electron chi connectivity index (χ2n) is 7.90. The van der Waals surface area contributed by atoms with Crippen molar-refractivity contribution in [2.24, 2.45) is 0 Å². The van der Waals surface area contributed by atoms with E-state index in [9.17, 15) is 9.90 Å². The lowest BCUT2D eigenvalue weighted by atomic mass is 9.88. The molecular weight excluding hydrogens is 336 g/mol. The number of rotatable bonds is 17. The lowest BCUT2D eigenvalue weighted by Crippen LogP contribution is -2.00. The van der Waals surface area contributed by atoms with Crippen LogP contribution in [0.2, 0.25) is 0 Å². The molecule has 3 nitrogen and oxygen atoms in total. The molecule has 1 aromatic rings. The van der Waals surface area contributed by atoms with Crippen molar-refractivity contribution in [1.29, 1.82) is 0 Å². The van der Waals surface area contributed by atoms with Crippen molar-refractivity contribution in [2.75, 3.05) is 0 Å². The SMILES string of the molecule is CCCCCCCCC(CCCCCCCCC(=O)O)c1cccc(O)c1. The highest BCUT2D eigenvalue weighted by molar-refractivity contribution is 5.66. The highest BCUT2D eigenvalue weighted by Gasteiger charge is 2.12. The fourth-order valence-electron chi connectivity index (χ4n) is 3.80. The van der Waals surface area contributed by atoms with Gasteiger partial charge < -0.3 is 10.2 Å². The Bertz CT molecular complexity index is 498. The number of unbranched alkanes of at least 4 members (excludes halogenated alkanes) is 10. The van der Waals surface area contributed by atoms with Gasteiger partial charge in [0.25, 0.3) is 0 Å². The number of aliphatic carboxylic acids is 1. The Morgan fingerprint density at radius 3 is 1.96 bits per heavy atom. The number of phenolic OH excluding ortho intramolecular Hbond substituents is 1. The molecule has 27 heavy (non-hydrogen) atoms. The third-order valence-electron chi connectivity index (χ3n) is 5.44. The molecule has 1 unspecified atom stereocenters. The predicted molar refractivity (Wildman–Crippen MR) is 113 cm³/mol. The van der Waals surface area contributed by atoms with Gasteiger partial charge in [-0.05, 0) is 42.9 Å². The summed E-state index contributed by atoms with van der Waals surface area (Å²) in [5.41, 5.74) is 1.28. The number of carboxylic acids is 1. The van der Waals surface area contributed by atoms with Crippen LogP contribution >= 0.6 is 0 Å². The molecule has 0 aliphatic carbocycles. The quantitative estimate of drug-likeness (QED) is 0.278. The predicted octanol–water partition coefficient (Wildman–Crippen LogP) is 7.43. The molecule has 0 saturated heterocycles. The summed E-state index contributed by atoms with van der Waals surface area (Å²) in [7, 11) is 0. The number of hydrogen-bond donors (Lipinski definition) is 2. The van der Waals surface area contributed by atoms with E-state index in [0.29, 0.717) is 18.1 Å². The molecule has 0 amide bonds. The zero-order chi connectivity index (χ0) is 19.7. The average Bonchev–Trinajstić information content (AvgIpc) is 2.64. The number of hydrogen-bond acceptors (Lipinski definition) is 2. The molecule has 0 aromatic heterocycles. The molecule has 0 fully saturated rings. The van der Waals surface area contributed by atoms with Gasteiger partial charge in [0.1, 0.15) is 5.75 Å².